The average molecular weight is 229 g/mol. The first-order valence-electron chi connectivity index (χ1n) is 6.64. The molecule has 1 fully saturated rings. The van der Waals surface area contributed by atoms with Crippen molar-refractivity contribution in [1.82, 2.24) is 10.2 Å². The number of morpholine rings is 1. The number of hydrogen-bond donors (Lipinski definition) is 2. The molecule has 0 aromatic carbocycles. The van der Waals surface area contributed by atoms with Gasteiger partial charge in [0.1, 0.15) is 0 Å². The molecule has 1 aliphatic rings. The van der Waals surface area contributed by atoms with Crippen LogP contribution in [0, 0.1) is 0 Å². The number of unbranched alkanes of at least 4 members (excludes halogenated alkanes) is 3. The summed E-state index contributed by atoms with van der Waals surface area (Å²) >= 11 is 0. The lowest BCUT2D eigenvalue weighted by molar-refractivity contribution is 0.0384. The molecule has 0 radical (unpaired) electrons. The molecule has 0 bridgehead atoms. The molecule has 96 valence electrons. The molecule has 0 atom stereocenters. The van der Waals surface area contributed by atoms with Gasteiger partial charge in [-0.3, -0.25) is 4.90 Å². The highest BCUT2D eigenvalue weighted by Gasteiger charge is 2.08. The number of nitrogens with one attached hydrogen (secondary N) is 1. The molecule has 4 nitrogen and oxygen atoms in total. The van der Waals surface area contributed by atoms with E-state index in [0.717, 1.165) is 52.5 Å². The van der Waals surface area contributed by atoms with Gasteiger partial charge in [0, 0.05) is 26.2 Å². The van der Waals surface area contributed by atoms with Gasteiger partial charge in [-0.15, -0.1) is 0 Å². The molecule has 16 heavy (non-hydrogen) atoms. The molecule has 0 spiro atoms. The Kier molecular flexibility index (Phi) is 8.71. The molecule has 0 unspecified atom stereocenters. The van der Waals surface area contributed by atoms with Gasteiger partial charge in [-0.1, -0.05) is 12.8 Å². The van der Waals surface area contributed by atoms with Crippen LogP contribution < -0.4 is 11.1 Å². The van der Waals surface area contributed by atoms with Crippen molar-refractivity contribution in [2.75, 3.05) is 52.5 Å². The van der Waals surface area contributed by atoms with Crippen molar-refractivity contribution >= 4 is 0 Å². The Morgan fingerprint density at radius 3 is 2.50 bits per heavy atom. The smallest absolute Gasteiger partial charge is 0.0594 e. The van der Waals surface area contributed by atoms with E-state index in [-0.39, 0.29) is 0 Å². The summed E-state index contributed by atoms with van der Waals surface area (Å²) in [5.74, 6) is 0. The third-order valence-corrected chi connectivity index (χ3v) is 3.02. The topological polar surface area (TPSA) is 50.5 Å². The maximum Gasteiger partial charge on any atom is 0.0594 e. The molecule has 1 saturated heterocycles. The summed E-state index contributed by atoms with van der Waals surface area (Å²) in [6.07, 6.45) is 5.04. The number of nitrogens with zero attached hydrogens (tertiary/aromatic N) is 1. The molecule has 4 heteroatoms. The monoisotopic (exact) mass is 229 g/mol. The van der Waals surface area contributed by atoms with Gasteiger partial charge >= 0.3 is 0 Å². The maximum atomic E-state index is 5.44. The van der Waals surface area contributed by atoms with Crippen LogP contribution in [0.5, 0.6) is 0 Å². The van der Waals surface area contributed by atoms with E-state index in [1.54, 1.807) is 0 Å². The Labute approximate surface area is 99.5 Å². The van der Waals surface area contributed by atoms with E-state index in [1.165, 1.54) is 25.7 Å². The minimum absolute atomic E-state index is 0.838. The highest BCUT2D eigenvalue weighted by molar-refractivity contribution is 4.63. The molecule has 3 N–H and O–H groups in total. The molecule has 1 heterocycles. The first-order chi connectivity index (χ1) is 7.93. The normalized spacial score (nSPS) is 17.8. The van der Waals surface area contributed by atoms with E-state index in [0.29, 0.717) is 0 Å². The summed E-state index contributed by atoms with van der Waals surface area (Å²) in [5.41, 5.74) is 5.44. The summed E-state index contributed by atoms with van der Waals surface area (Å²) < 4.78 is 5.31. The second kappa shape index (κ2) is 10.0. The molecular formula is C12H27N3O. The SMILES string of the molecule is NCCCCCCNCCN1CCOCC1. The van der Waals surface area contributed by atoms with Crippen molar-refractivity contribution in [3.8, 4) is 0 Å². The van der Waals surface area contributed by atoms with E-state index in [1.807, 2.05) is 0 Å². The Morgan fingerprint density at radius 1 is 1.00 bits per heavy atom. The summed E-state index contributed by atoms with van der Waals surface area (Å²) in [7, 11) is 0. The summed E-state index contributed by atoms with van der Waals surface area (Å²) in [5, 5.41) is 3.50. The molecule has 0 saturated carbocycles. The highest BCUT2D eigenvalue weighted by Crippen LogP contribution is 1.97. The van der Waals surface area contributed by atoms with Crippen LogP contribution in [0.25, 0.3) is 0 Å². The summed E-state index contributed by atoms with van der Waals surface area (Å²) in [6, 6.07) is 0. The largest absolute Gasteiger partial charge is 0.379 e. The van der Waals surface area contributed by atoms with E-state index < -0.39 is 0 Å². The van der Waals surface area contributed by atoms with Crippen LogP contribution >= 0.6 is 0 Å². The zero-order chi connectivity index (χ0) is 11.5. The fourth-order valence-electron chi connectivity index (χ4n) is 1.93. The van der Waals surface area contributed by atoms with Gasteiger partial charge in [0.05, 0.1) is 13.2 Å². The Hall–Kier alpha value is -0.160. The van der Waals surface area contributed by atoms with Crippen LogP contribution in [0.4, 0.5) is 0 Å². The zero-order valence-electron chi connectivity index (χ0n) is 10.4. The first-order valence-corrected chi connectivity index (χ1v) is 6.64. The van der Waals surface area contributed by atoms with Gasteiger partial charge in [0.25, 0.3) is 0 Å². The first kappa shape index (κ1) is 13.9. The van der Waals surface area contributed by atoms with Crippen LogP contribution in [-0.4, -0.2) is 57.4 Å². The van der Waals surface area contributed by atoms with Crippen molar-refractivity contribution < 1.29 is 4.74 Å². The van der Waals surface area contributed by atoms with Gasteiger partial charge < -0.3 is 15.8 Å². The number of hydrogen-bond acceptors (Lipinski definition) is 4. The van der Waals surface area contributed by atoms with Crippen LogP contribution in [0.1, 0.15) is 25.7 Å². The van der Waals surface area contributed by atoms with Gasteiger partial charge in [0.15, 0.2) is 0 Å². The summed E-state index contributed by atoms with van der Waals surface area (Å²) in [6.45, 7) is 8.25. The van der Waals surface area contributed by atoms with E-state index in [2.05, 4.69) is 10.2 Å². The quantitative estimate of drug-likeness (QED) is 0.563. The molecule has 1 rings (SSSR count). The van der Waals surface area contributed by atoms with Crippen molar-refractivity contribution in [3.05, 3.63) is 0 Å². The predicted molar refractivity (Wildman–Crippen MR) is 67.7 cm³/mol. The van der Waals surface area contributed by atoms with Gasteiger partial charge in [0.2, 0.25) is 0 Å². The van der Waals surface area contributed by atoms with E-state index >= 15 is 0 Å². The number of nitrogens with two attached hydrogens (primary N) is 1. The third-order valence-electron chi connectivity index (χ3n) is 3.02. The average Bonchev–Trinajstić information content (AvgIpc) is 2.34. The Bertz CT molecular complexity index is 149. The molecule has 0 amide bonds. The van der Waals surface area contributed by atoms with E-state index in [4.69, 9.17) is 10.5 Å². The maximum absolute atomic E-state index is 5.44. The molecule has 0 aliphatic carbocycles. The zero-order valence-corrected chi connectivity index (χ0v) is 10.4. The molecule has 0 aromatic heterocycles. The number of rotatable bonds is 9. The summed E-state index contributed by atoms with van der Waals surface area (Å²) in [4.78, 5) is 2.46. The number of ether oxygens (including phenoxy) is 1. The lowest BCUT2D eigenvalue weighted by atomic mass is 10.2. The molecular weight excluding hydrogens is 202 g/mol. The lowest BCUT2D eigenvalue weighted by Crippen LogP contribution is -2.40. The Morgan fingerprint density at radius 2 is 1.75 bits per heavy atom. The second-order valence-corrected chi connectivity index (χ2v) is 4.41. The highest BCUT2D eigenvalue weighted by atomic mass is 16.5. The minimum Gasteiger partial charge on any atom is -0.379 e. The molecule has 1 aliphatic heterocycles. The van der Waals surface area contributed by atoms with E-state index in [9.17, 15) is 0 Å². The van der Waals surface area contributed by atoms with Gasteiger partial charge in [-0.2, -0.15) is 0 Å². The van der Waals surface area contributed by atoms with Crippen molar-refractivity contribution in [2.45, 2.75) is 25.7 Å². The predicted octanol–water partition coefficient (Wildman–Crippen LogP) is 0.427. The van der Waals surface area contributed by atoms with Crippen LogP contribution in [0.2, 0.25) is 0 Å². The van der Waals surface area contributed by atoms with Gasteiger partial charge in [-0.25, -0.2) is 0 Å². The van der Waals surface area contributed by atoms with Gasteiger partial charge in [-0.05, 0) is 25.9 Å². The third kappa shape index (κ3) is 7.17. The van der Waals surface area contributed by atoms with Crippen LogP contribution in [-0.2, 0) is 4.74 Å². The fraction of sp³-hybridized carbons (Fsp3) is 1.00. The van der Waals surface area contributed by atoms with Crippen molar-refractivity contribution in [3.63, 3.8) is 0 Å². The fourth-order valence-corrected chi connectivity index (χ4v) is 1.93. The van der Waals surface area contributed by atoms with Crippen molar-refractivity contribution in [1.29, 1.82) is 0 Å². The Balaban J connectivity index is 1.77. The minimum atomic E-state index is 0.838. The molecule has 0 aromatic rings. The standard InChI is InChI=1S/C12H27N3O/c13-5-3-1-2-4-6-14-7-8-15-9-11-16-12-10-15/h14H,1-13H2. The van der Waals surface area contributed by atoms with Crippen LogP contribution in [0.3, 0.4) is 0 Å². The second-order valence-electron chi connectivity index (χ2n) is 4.41. The van der Waals surface area contributed by atoms with Crippen molar-refractivity contribution in [2.24, 2.45) is 5.73 Å². The van der Waals surface area contributed by atoms with Crippen LogP contribution in [0.15, 0.2) is 0 Å². The lowest BCUT2D eigenvalue weighted by Gasteiger charge is -2.26.